The van der Waals surface area contributed by atoms with E-state index in [0.717, 1.165) is 0 Å². The maximum atomic E-state index is 13.9. The topological polar surface area (TPSA) is 35.2 Å². The predicted octanol–water partition coefficient (Wildman–Crippen LogP) is 3.67. The number of hydrogen-bond acceptors (Lipinski definition) is 2. The van der Waals surface area contributed by atoms with Gasteiger partial charge in [0.15, 0.2) is 0 Å². The molecular weight excluding hydrogens is 272 g/mol. The zero-order chi connectivity index (χ0) is 14.0. The SMILES string of the molecule is COc1ccc(C(N)c2ccc(F)c(Cl)c2)c(F)c1. The van der Waals surface area contributed by atoms with Gasteiger partial charge in [-0.2, -0.15) is 0 Å². The fourth-order valence-electron chi connectivity index (χ4n) is 1.77. The van der Waals surface area contributed by atoms with Gasteiger partial charge in [0, 0.05) is 11.6 Å². The molecule has 5 heteroatoms. The molecule has 0 saturated heterocycles. The Bertz CT molecular complexity index is 604. The summed E-state index contributed by atoms with van der Waals surface area (Å²) in [6, 6.07) is 7.77. The Morgan fingerprint density at radius 1 is 1.11 bits per heavy atom. The lowest BCUT2D eigenvalue weighted by molar-refractivity contribution is 0.410. The van der Waals surface area contributed by atoms with Crippen LogP contribution in [0.2, 0.25) is 5.02 Å². The van der Waals surface area contributed by atoms with Gasteiger partial charge in [-0.05, 0) is 23.8 Å². The second-order valence-corrected chi connectivity index (χ2v) is 4.45. The van der Waals surface area contributed by atoms with E-state index >= 15 is 0 Å². The molecule has 0 heterocycles. The third-order valence-electron chi connectivity index (χ3n) is 2.85. The van der Waals surface area contributed by atoms with Crippen LogP contribution in [0, 0.1) is 11.6 Å². The number of halogens is 3. The molecule has 0 aromatic heterocycles. The van der Waals surface area contributed by atoms with Crippen molar-refractivity contribution in [1.29, 1.82) is 0 Å². The van der Waals surface area contributed by atoms with E-state index in [1.165, 1.54) is 37.4 Å². The lowest BCUT2D eigenvalue weighted by Gasteiger charge is -2.14. The van der Waals surface area contributed by atoms with E-state index in [4.69, 9.17) is 22.1 Å². The van der Waals surface area contributed by atoms with E-state index < -0.39 is 17.7 Å². The second kappa shape index (κ2) is 5.55. The van der Waals surface area contributed by atoms with Crippen molar-refractivity contribution in [2.75, 3.05) is 7.11 Å². The van der Waals surface area contributed by atoms with Gasteiger partial charge in [-0.3, -0.25) is 0 Å². The third kappa shape index (κ3) is 2.85. The Labute approximate surface area is 114 Å². The van der Waals surface area contributed by atoms with Crippen LogP contribution in [0.1, 0.15) is 17.2 Å². The van der Waals surface area contributed by atoms with Crippen molar-refractivity contribution in [3.8, 4) is 5.75 Å². The van der Waals surface area contributed by atoms with E-state index in [-0.39, 0.29) is 5.02 Å². The fourth-order valence-corrected chi connectivity index (χ4v) is 1.96. The average molecular weight is 284 g/mol. The molecule has 2 rings (SSSR count). The minimum Gasteiger partial charge on any atom is -0.497 e. The van der Waals surface area contributed by atoms with E-state index in [9.17, 15) is 8.78 Å². The molecule has 0 bridgehead atoms. The van der Waals surface area contributed by atoms with Crippen LogP contribution in [0.5, 0.6) is 5.75 Å². The van der Waals surface area contributed by atoms with Crippen LogP contribution in [-0.2, 0) is 0 Å². The third-order valence-corrected chi connectivity index (χ3v) is 3.14. The Morgan fingerprint density at radius 3 is 2.42 bits per heavy atom. The van der Waals surface area contributed by atoms with Gasteiger partial charge in [-0.1, -0.05) is 23.7 Å². The predicted molar refractivity (Wildman–Crippen MR) is 70.4 cm³/mol. The number of rotatable bonds is 3. The summed E-state index contributed by atoms with van der Waals surface area (Å²) < 4.78 is 31.9. The Balaban J connectivity index is 2.38. The second-order valence-electron chi connectivity index (χ2n) is 4.04. The minimum absolute atomic E-state index is 0.0399. The lowest BCUT2D eigenvalue weighted by Crippen LogP contribution is -2.13. The minimum atomic E-state index is -0.719. The highest BCUT2D eigenvalue weighted by Crippen LogP contribution is 2.27. The van der Waals surface area contributed by atoms with E-state index in [0.29, 0.717) is 16.9 Å². The lowest BCUT2D eigenvalue weighted by atomic mass is 9.99. The van der Waals surface area contributed by atoms with Crippen molar-refractivity contribution in [2.45, 2.75) is 6.04 Å². The zero-order valence-corrected chi connectivity index (χ0v) is 10.9. The first-order chi connectivity index (χ1) is 9.02. The summed E-state index contributed by atoms with van der Waals surface area (Å²) in [4.78, 5) is 0. The molecule has 2 aromatic rings. The van der Waals surface area contributed by atoms with Gasteiger partial charge in [0.1, 0.15) is 17.4 Å². The summed E-state index contributed by atoms with van der Waals surface area (Å²) in [7, 11) is 1.45. The van der Waals surface area contributed by atoms with Gasteiger partial charge < -0.3 is 10.5 Å². The molecule has 2 nitrogen and oxygen atoms in total. The van der Waals surface area contributed by atoms with Crippen molar-refractivity contribution >= 4 is 11.6 Å². The molecule has 0 aliphatic heterocycles. The molecule has 0 saturated carbocycles. The van der Waals surface area contributed by atoms with Crippen molar-refractivity contribution in [3.63, 3.8) is 0 Å². The summed E-state index contributed by atoms with van der Waals surface area (Å²) in [6.07, 6.45) is 0. The van der Waals surface area contributed by atoms with Crippen LogP contribution in [0.15, 0.2) is 36.4 Å². The van der Waals surface area contributed by atoms with Gasteiger partial charge >= 0.3 is 0 Å². The first-order valence-electron chi connectivity index (χ1n) is 5.57. The molecule has 1 atom stereocenters. The Hall–Kier alpha value is -1.65. The molecule has 0 amide bonds. The van der Waals surface area contributed by atoms with Crippen LogP contribution >= 0.6 is 11.6 Å². The molecule has 1 unspecified atom stereocenters. The monoisotopic (exact) mass is 283 g/mol. The molecule has 19 heavy (non-hydrogen) atoms. The molecule has 0 aliphatic carbocycles. The molecule has 2 N–H and O–H groups in total. The summed E-state index contributed by atoms with van der Waals surface area (Å²) in [5.74, 6) is -0.606. The zero-order valence-electron chi connectivity index (χ0n) is 10.2. The highest BCUT2D eigenvalue weighted by atomic mass is 35.5. The number of methoxy groups -OCH3 is 1. The van der Waals surface area contributed by atoms with Crippen molar-refractivity contribution in [3.05, 3.63) is 64.2 Å². The van der Waals surface area contributed by atoms with Crippen molar-refractivity contribution in [2.24, 2.45) is 5.73 Å². The van der Waals surface area contributed by atoms with Gasteiger partial charge in [0.05, 0.1) is 18.2 Å². The van der Waals surface area contributed by atoms with Crippen molar-refractivity contribution < 1.29 is 13.5 Å². The Kier molecular flexibility index (Phi) is 4.02. The molecule has 2 aromatic carbocycles. The molecule has 0 radical (unpaired) electrons. The maximum Gasteiger partial charge on any atom is 0.141 e. The fraction of sp³-hybridized carbons (Fsp3) is 0.143. The molecular formula is C14H12ClF2NO. The first kappa shape index (κ1) is 13.8. The molecule has 100 valence electrons. The van der Waals surface area contributed by atoms with Gasteiger partial charge in [-0.25, -0.2) is 8.78 Å². The molecule has 0 spiro atoms. The maximum absolute atomic E-state index is 13.9. The highest BCUT2D eigenvalue weighted by molar-refractivity contribution is 6.30. The van der Waals surface area contributed by atoms with Gasteiger partial charge in [-0.15, -0.1) is 0 Å². The quantitative estimate of drug-likeness (QED) is 0.933. The number of nitrogens with two attached hydrogens (primary N) is 1. The van der Waals surface area contributed by atoms with Crippen LogP contribution in [0.4, 0.5) is 8.78 Å². The highest BCUT2D eigenvalue weighted by Gasteiger charge is 2.15. The standard InChI is InChI=1S/C14H12ClF2NO/c1-19-9-3-4-10(13(17)7-9)14(18)8-2-5-12(16)11(15)6-8/h2-7,14H,18H2,1H3. The van der Waals surface area contributed by atoms with Crippen LogP contribution in [0.3, 0.4) is 0 Å². The van der Waals surface area contributed by atoms with E-state index in [2.05, 4.69) is 0 Å². The molecule has 0 aliphatic rings. The largest absolute Gasteiger partial charge is 0.497 e. The summed E-state index contributed by atoms with van der Waals surface area (Å²) in [5.41, 5.74) is 6.80. The van der Waals surface area contributed by atoms with Gasteiger partial charge in [0.2, 0.25) is 0 Å². The Morgan fingerprint density at radius 2 is 1.84 bits per heavy atom. The molecule has 0 fully saturated rings. The normalized spacial score (nSPS) is 12.3. The summed E-state index contributed by atoms with van der Waals surface area (Å²) in [5, 5.41) is -0.0399. The average Bonchev–Trinajstić information content (AvgIpc) is 2.41. The van der Waals surface area contributed by atoms with Crippen molar-refractivity contribution in [1.82, 2.24) is 0 Å². The van der Waals surface area contributed by atoms with E-state index in [1.54, 1.807) is 6.07 Å². The smallest absolute Gasteiger partial charge is 0.141 e. The van der Waals surface area contributed by atoms with Crippen LogP contribution < -0.4 is 10.5 Å². The number of benzene rings is 2. The van der Waals surface area contributed by atoms with Crippen LogP contribution in [-0.4, -0.2) is 7.11 Å². The number of ether oxygens (including phenoxy) is 1. The first-order valence-corrected chi connectivity index (χ1v) is 5.94. The number of hydrogen-bond donors (Lipinski definition) is 1. The summed E-state index contributed by atoms with van der Waals surface area (Å²) in [6.45, 7) is 0. The van der Waals surface area contributed by atoms with Crippen LogP contribution in [0.25, 0.3) is 0 Å². The van der Waals surface area contributed by atoms with E-state index in [1.807, 2.05) is 0 Å². The van der Waals surface area contributed by atoms with Gasteiger partial charge in [0.25, 0.3) is 0 Å². The summed E-state index contributed by atoms with van der Waals surface area (Å²) >= 11 is 5.69.